The molecule has 0 saturated carbocycles. The van der Waals surface area contributed by atoms with Crippen LogP contribution >= 0.6 is 0 Å². The van der Waals surface area contributed by atoms with Crippen molar-refractivity contribution in [2.75, 3.05) is 0 Å². The Balaban J connectivity index is -0.000000605. The molecule has 0 fully saturated rings. The van der Waals surface area contributed by atoms with E-state index < -0.39 is 0 Å². The molecule has 0 N–H and O–H groups in total. The Morgan fingerprint density at radius 1 is 0.929 bits per heavy atom. The Bertz CT molecular complexity index is 160. The minimum atomic E-state index is 0. The molecule has 0 unspecified atom stereocenters. The standard InChI is InChI=1S/C12H19.ClH.Mg/c1-3-5-7-9-11-12-10-8-6-4-2;;/h5-8,10,12H,1,3-4,9,11H2,2H3;1H;/q-1;;+2/p-1/b7-5-,8-6+,12-10-;;. The zero-order valence-corrected chi connectivity index (χ0v) is 11.3. The van der Waals surface area contributed by atoms with Crippen LogP contribution in [0.5, 0.6) is 0 Å². The van der Waals surface area contributed by atoms with Crippen LogP contribution in [0.1, 0.15) is 32.6 Å². The van der Waals surface area contributed by atoms with E-state index in [0.29, 0.717) is 0 Å². The van der Waals surface area contributed by atoms with Crippen molar-refractivity contribution >= 4 is 23.1 Å². The third-order valence-electron chi connectivity index (χ3n) is 1.45. The minimum Gasteiger partial charge on any atom is -1.00 e. The van der Waals surface area contributed by atoms with Crippen molar-refractivity contribution in [2.24, 2.45) is 0 Å². The fourth-order valence-electron chi connectivity index (χ4n) is 0.818. The maximum atomic E-state index is 3.73. The SMILES string of the molecule is [CH2-]C/C=C\CC/C=C\C=C\CC.[Cl-].[Mg+2]. The molecule has 0 saturated heterocycles. The van der Waals surface area contributed by atoms with Crippen LogP contribution in [-0.2, 0) is 0 Å². The van der Waals surface area contributed by atoms with Crippen molar-refractivity contribution in [3.63, 3.8) is 0 Å². The predicted octanol–water partition coefficient (Wildman–Crippen LogP) is 0.693. The Labute approximate surface area is 111 Å². The van der Waals surface area contributed by atoms with E-state index in [-0.39, 0.29) is 35.5 Å². The predicted molar refractivity (Wildman–Crippen MR) is 62.7 cm³/mol. The number of hydrogen-bond donors (Lipinski definition) is 0. The van der Waals surface area contributed by atoms with Gasteiger partial charge in [-0.2, -0.15) is 6.42 Å². The zero-order chi connectivity index (χ0) is 9.07. The summed E-state index contributed by atoms with van der Waals surface area (Å²) >= 11 is 0. The normalized spacial score (nSPS) is 10.7. The van der Waals surface area contributed by atoms with E-state index in [4.69, 9.17) is 0 Å². The fourth-order valence-corrected chi connectivity index (χ4v) is 0.818. The van der Waals surface area contributed by atoms with Crippen molar-refractivity contribution in [3.8, 4) is 0 Å². The number of allylic oxidation sites excluding steroid dienone is 6. The first-order valence-electron chi connectivity index (χ1n) is 4.67. The van der Waals surface area contributed by atoms with Gasteiger partial charge < -0.3 is 19.3 Å². The van der Waals surface area contributed by atoms with E-state index in [2.05, 4.69) is 50.3 Å². The summed E-state index contributed by atoms with van der Waals surface area (Å²) in [7, 11) is 0. The van der Waals surface area contributed by atoms with Gasteiger partial charge in [-0.05, 0) is 19.3 Å². The van der Waals surface area contributed by atoms with Gasteiger partial charge in [-0.1, -0.05) is 37.3 Å². The van der Waals surface area contributed by atoms with Gasteiger partial charge in [-0.15, -0.1) is 6.08 Å². The van der Waals surface area contributed by atoms with Crippen molar-refractivity contribution < 1.29 is 12.4 Å². The fraction of sp³-hybridized carbons (Fsp3) is 0.417. The van der Waals surface area contributed by atoms with E-state index >= 15 is 0 Å². The Morgan fingerprint density at radius 2 is 1.50 bits per heavy atom. The molecule has 0 aromatic carbocycles. The minimum absolute atomic E-state index is 0. The molecule has 0 heterocycles. The second kappa shape index (κ2) is 18.9. The van der Waals surface area contributed by atoms with Gasteiger partial charge in [-0.3, -0.25) is 0 Å². The summed E-state index contributed by atoms with van der Waals surface area (Å²) in [5, 5.41) is 0. The molecule has 0 aliphatic heterocycles. The maximum Gasteiger partial charge on any atom is 2.00 e. The molecule has 2 heteroatoms. The van der Waals surface area contributed by atoms with E-state index in [1.807, 2.05) is 0 Å². The van der Waals surface area contributed by atoms with Crippen LogP contribution in [0.3, 0.4) is 0 Å². The second-order valence-electron chi connectivity index (χ2n) is 2.60. The molecule has 0 nitrogen and oxygen atoms in total. The van der Waals surface area contributed by atoms with Gasteiger partial charge in [0.15, 0.2) is 0 Å². The van der Waals surface area contributed by atoms with Crippen LogP contribution in [0.25, 0.3) is 0 Å². The van der Waals surface area contributed by atoms with Crippen LogP contribution in [0.2, 0.25) is 0 Å². The van der Waals surface area contributed by atoms with Crippen LogP contribution in [0, 0.1) is 6.92 Å². The molecule has 0 aromatic heterocycles. The van der Waals surface area contributed by atoms with Crippen molar-refractivity contribution in [2.45, 2.75) is 32.6 Å². The molecular weight excluding hydrogens is 204 g/mol. The average Bonchev–Trinajstić information content (AvgIpc) is 2.10. The van der Waals surface area contributed by atoms with Gasteiger partial charge in [-0.25, -0.2) is 0 Å². The molecule has 0 atom stereocenters. The summed E-state index contributed by atoms with van der Waals surface area (Å²) in [5.74, 6) is 0. The maximum absolute atomic E-state index is 3.73. The zero-order valence-electron chi connectivity index (χ0n) is 9.08. The van der Waals surface area contributed by atoms with Crippen LogP contribution in [0.15, 0.2) is 36.5 Å². The molecular formula is C12H19ClMg. The van der Waals surface area contributed by atoms with Gasteiger partial charge in [0.25, 0.3) is 0 Å². The van der Waals surface area contributed by atoms with E-state index in [1.54, 1.807) is 0 Å². The molecule has 76 valence electrons. The first-order chi connectivity index (χ1) is 5.91. The van der Waals surface area contributed by atoms with Crippen molar-refractivity contribution in [3.05, 3.63) is 43.4 Å². The largest absolute Gasteiger partial charge is 2.00 e. The van der Waals surface area contributed by atoms with Gasteiger partial charge in [0.05, 0.1) is 0 Å². The number of hydrogen-bond acceptors (Lipinski definition) is 0. The van der Waals surface area contributed by atoms with Crippen molar-refractivity contribution in [1.82, 2.24) is 0 Å². The van der Waals surface area contributed by atoms with E-state index in [1.165, 1.54) is 0 Å². The summed E-state index contributed by atoms with van der Waals surface area (Å²) in [6.45, 7) is 5.87. The molecule has 0 amide bonds. The summed E-state index contributed by atoms with van der Waals surface area (Å²) in [4.78, 5) is 0. The quantitative estimate of drug-likeness (QED) is 0.204. The smallest absolute Gasteiger partial charge is 1.00 e. The monoisotopic (exact) mass is 222 g/mol. The molecule has 0 aromatic rings. The first-order valence-corrected chi connectivity index (χ1v) is 4.67. The Hall–Kier alpha value is 0.276. The summed E-state index contributed by atoms with van der Waals surface area (Å²) in [6.07, 6.45) is 17.1. The Kier molecular flexibility index (Phi) is 26.8. The van der Waals surface area contributed by atoms with Gasteiger partial charge in [0, 0.05) is 0 Å². The Morgan fingerprint density at radius 3 is 2.07 bits per heavy atom. The molecule has 0 radical (unpaired) electrons. The molecule has 0 rings (SSSR count). The molecule has 0 aliphatic carbocycles. The van der Waals surface area contributed by atoms with Crippen LogP contribution < -0.4 is 12.4 Å². The summed E-state index contributed by atoms with van der Waals surface area (Å²) < 4.78 is 0. The number of halogens is 1. The van der Waals surface area contributed by atoms with E-state index in [9.17, 15) is 0 Å². The summed E-state index contributed by atoms with van der Waals surface area (Å²) in [6, 6.07) is 0. The average molecular weight is 223 g/mol. The number of rotatable bonds is 6. The van der Waals surface area contributed by atoms with Gasteiger partial charge >= 0.3 is 23.1 Å². The van der Waals surface area contributed by atoms with E-state index in [0.717, 1.165) is 25.7 Å². The van der Waals surface area contributed by atoms with Gasteiger partial charge in [0.2, 0.25) is 0 Å². The van der Waals surface area contributed by atoms with Crippen LogP contribution in [0.4, 0.5) is 0 Å². The first kappa shape index (κ1) is 19.8. The molecule has 14 heavy (non-hydrogen) atoms. The topological polar surface area (TPSA) is 0 Å². The van der Waals surface area contributed by atoms with Gasteiger partial charge in [0.1, 0.15) is 0 Å². The van der Waals surface area contributed by atoms with Crippen molar-refractivity contribution in [1.29, 1.82) is 0 Å². The third kappa shape index (κ3) is 18.1. The second-order valence-corrected chi connectivity index (χ2v) is 2.60. The third-order valence-corrected chi connectivity index (χ3v) is 1.45. The van der Waals surface area contributed by atoms with Crippen LogP contribution in [-0.4, -0.2) is 23.1 Å². The molecule has 0 spiro atoms. The molecule has 0 aliphatic rings. The molecule has 0 bridgehead atoms. The summed E-state index contributed by atoms with van der Waals surface area (Å²) in [5.41, 5.74) is 0. The number of unbranched alkanes of at least 4 members (excludes halogenated alkanes) is 1.